The second kappa shape index (κ2) is 6.14. The standard InChI is InChI=1S/C16H20N2O/c1-2-11-18(16-6-4-3-5-15(16)17)12-13-7-9-14(19)10-8-13/h3-10,19H,2,11-12,17H2,1H3. The Morgan fingerprint density at radius 1 is 1.05 bits per heavy atom. The number of nitrogens with zero attached hydrogens (tertiary/aromatic N) is 1. The van der Waals surface area contributed by atoms with Crippen molar-refractivity contribution in [1.82, 2.24) is 0 Å². The first-order valence-corrected chi connectivity index (χ1v) is 6.58. The number of rotatable bonds is 5. The summed E-state index contributed by atoms with van der Waals surface area (Å²) in [6.07, 6.45) is 1.06. The smallest absolute Gasteiger partial charge is 0.115 e. The van der Waals surface area contributed by atoms with Crippen molar-refractivity contribution in [3.63, 3.8) is 0 Å². The van der Waals surface area contributed by atoms with Crippen LogP contribution in [0.3, 0.4) is 0 Å². The van der Waals surface area contributed by atoms with Crippen molar-refractivity contribution in [3.8, 4) is 5.75 Å². The fourth-order valence-corrected chi connectivity index (χ4v) is 2.15. The molecule has 0 unspecified atom stereocenters. The minimum absolute atomic E-state index is 0.296. The molecule has 0 amide bonds. The number of aromatic hydroxyl groups is 1. The molecule has 0 aliphatic carbocycles. The minimum atomic E-state index is 0.296. The molecule has 0 radical (unpaired) electrons. The molecule has 0 aliphatic rings. The quantitative estimate of drug-likeness (QED) is 0.806. The number of phenols is 1. The zero-order valence-corrected chi connectivity index (χ0v) is 11.2. The van der Waals surface area contributed by atoms with Crippen LogP contribution in [0.4, 0.5) is 11.4 Å². The summed E-state index contributed by atoms with van der Waals surface area (Å²) in [5.41, 5.74) is 9.08. The fraction of sp³-hybridized carbons (Fsp3) is 0.250. The number of para-hydroxylation sites is 2. The van der Waals surface area contributed by atoms with Crippen LogP contribution in [0.5, 0.6) is 5.75 Å². The Balaban J connectivity index is 2.21. The molecule has 0 spiro atoms. The molecule has 3 N–H and O–H groups in total. The summed E-state index contributed by atoms with van der Waals surface area (Å²) >= 11 is 0. The number of hydrogen-bond acceptors (Lipinski definition) is 3. The molecule has 0 saturated carbocycles. The van der Waals surface area contributed by atoms with Crippen LogP contribution in [0.1, 0.15) is 18.9 Å². The number of anilines is 2. The average molecular weight is 256 g/mol. The second-order valence-corrected chi connectivity index (χ2v) is 4.65. The van der Waals surface area contributed by atoms with Gasteiger partial charge in [-0.3, -0.25) is 0 Å². The second-order valence-electron chi connectivity index (χ2n) is 4.65. The van der Waals surface area contributed by atoms with Crippen molar-refractivity contribution in [1.29, 1.82) is 0 Å². The van der Waals surface area contributed by atoms with Gasteiger partial charge in [-0.2, -0.15) is 0 Å². The van der Waals surface area contributed by atoms with Crippen molar-refractivity contribution in [2.45, 2.75) is 19.9 Å². The maximum atomic E-state index is 9.32. The van der Waals surface area contributed by atoms with Gasteiger partial charge in [-0.25, -0.2) is 0 Å². The Bertz CT molecular complexity index is 523. The van der Waals surface area contributed by atoms with Gasteiger partial charge in [0.05, 0.1) is 11.4 Å². The van der Waals surface area contributed by atoms with Crippen molar-refractivity contribution in [2.75, 3.05) is 17.2 Å². The highest BCUT2D eigenvalue weighted by Gasteiger charge is 2.09. The van der Waals surface area contributed by atoms with E-state index >= 15 is 0 Å². The van der Waals surface area contributed by atoms with Gasteiger partial charge in [0, 0.05) is 13.1 Å². The van der Waals surface area contributed by atoms with Crippen LogP contribution in [0.15, 0.2) is 48.5 Å². The average Bonchev–Trinajstić information content (AvgIpc) is 2.41. The molecule has 3 heteroatoms. The van der Waals surface area contributed by atoms with E-state index in [0.29, 0.717) is 5.75 Å². The number of hydrogen-bond donors (Lipinski definition) is 2. The van der Waals surface area contributed by atoms with Crippen molar-refractivity contribution < 1.29 is 5.11 Å². The first kappa shape index (κ1) is 13.3. The molecule has 2 aromatic carbocycles. The monoisotopic (exact) mass is 256 g/mol. The molecule has 0 fully saturated rings. The number of nitrogens with two attached hydrogens (primary N) is 1. The lowest BCUT2D eigenvalue weighted by Crippen LogP contribution is -2.24. The molecule has 100 valence electrons. The van der Waals surface area contributed by atoms with Gasteiger partial charge in [0.25, 0.3) is 0 Å². The lowest BCUT2D eigenvalue weighted by molar-refractivity contribution is 0.475. The van der Waals surface area contributed by atoms with Crippen molar-refractivity contribution in [2.24, 2.45) is 0 Å². The van der Waals surface area contributed by atoms with Crippen molar-refractivity contribution in [3.05, 3.63) is 54.1 Å². The van der Waals surface area contributed by atoms with Gasteiger partial charge in [-0.05, 0) is 36.2 Å². The van der Waals surface area contributed by atoms with Crippen LogP contribution < -0.4 is 10.6 Å². The van der Waals surface area contributed by atoms with E-state index in [-0.39, 0.29) is 0 Å². The molecule has 0 atom stereocenters. The van der Waals surface area contributed by atoms with Gasteiger partial charge in [0.2, 0.25) is 0 Å². The lowest BCUT2D eigenvalue weighted by Gasteiger charge is -2.25. The Morgan fingerprint density at radius 2 is 1.74 bits per heavy atom. The zero-order valence-electron chi connectivity index (χ0n) is 11.2. The molecule has 2 rings (SSSR count). The zero-order chi connectivity index (χ0) is 13.7. The Hall–Kier alpha value is -2.16. The molecule has 3 nitrogen and oxygen atoms in total. The van der Waals surface area contributed by atoms with E-state index in [9.17, 15) is 5.11 Å². The molecule has 19 heavy (non-hydrogen) atoms. The van der Waals surface area contributed by atoms with Crippen molar-refractivity contribution >= 4 is 11.4 Å². The maximum Gasteiger partial charge on any atom is 0.115 e. The number of nitrogen functional groups attached to an aromatic ring is 1. The van der Waals surface area contributed by atoms with Gasteiger partial charge in [0.15, 0.2) is 0 Å². The molecule has 0 saturated heterocycles. The molecule has 0 bridgehead atoms. The van der Waals surface area contributed by atoms with E-state index in [1.165, 1.54) is 0 Å². The third-order valence-corrected chi connectivity index (χ3v) is 3.08. The van der Waals surface area contributed by atoms with Gasteiger partial charge in [-0.15, -0.1) is 0 Å². The highest BCUT2D eigenvalue weighted by Crippen LogP contribution is 2.24. The third-order valence-electron chi connectivity index (χ3n) is 3.08. The van der Waals surface area contributed by atoms with E-state index in [0.717, 1.165) is 36.4 Å². The predicted molar refractivity (Wildman–Crippen MR) is 80.3 cm³/mol. The summed E-state index contributed by atoms with van der Waals surface area (Å²) in [5.74, 6) is 0.296. The summed E-state index contributed by atoms with van der Waals surface area (Å²) in [4.78, 5) is 2.27. The number of benzene rings is 2. The van der Waals surface area contributed by atoms with Crippen LogP contribution in [-0.2, 0) is 6.54 Å². The van der Waals surface area contributed by atoms with E-state index < -0.39 is 0 Å². The first-order valence-electron chi connectivity index (χ1n) is 6.58. The largest absolute Gasteiger partial charge is 0.508 e. The summed E-state index contributed by atoms with van der Waals surface area (Å²) in [6, 6.07) is 15.2. The number of phenolic OH excluding ortho intramolecular Hbond substituents is 1. The lowest BCUT2D eigenvalue weighted by atomic mass is 10.1. The minimum Gasteiger partial charge on any atom is -0.508 e. The summed E-state index contributed by atoms with van der Waals surface area (Å²) in [7, 11) is 0. The summed E-state index contributed by atoms with van der Waals surface area (Å²) < 4.78 is 0. The van der Waals surface area contributed by atoms with Gasteiger partial charge in [0.1, 0.15) is 5.75 Å². The van der Waals surface area contributed by atoms with E-state index in [4.69, 9.17) is 5.73 Å². The summed E-state index contributed by atoms with van der Waals surface area (Å²) in [6.45, 7) is 3.90. The van der Waals surface area contributed by atoms with E-state index in [1.807, 2.05) is 36.4 Å². The van der Waals surface area contributed by atoms with E-state index in [1.54, 1.807) is 12.1 Å². The normalized spacial score (nSPS) is 10.4. The van der Waals surface area contributed by atoms with Crippen LogP contribution >= 0.6 is 0 Å². The van der Waals surface area contributed by atoms with Crippen LogP contribution in [-0.4, -0.2) is 11.7 Å². The molecule has 2 aromatic rings. The Labute approximate surface area is 114 Å². The summed E-state index contributed by atoms with van der Waals surface area (Å²) in [5, 5.41) is 9.32. The van der Waals surface area contributed by atoms with Gasteiger partial charge < -0.3 is 15.7 Å². The van der Waals surface area contributed by atoms with Gasteiger partial charge in [-0.1, -0.05) is 31.2 Å². The highest BCUT2D eigenvalue weighted by molar-refractivity contribution is 5.67. The fourth-order valence-electron chi connectivity index (χ4n) is 2.15. The third kappa shape index (κ3) is 3.41. The Morgan fingerprint density at radius 3 is 2.37 bits per heavy atom. The van der Waals surface area contributed by atoms with Crippen LogP contribution in [0.25, 0.3) is 0 Å². The molecular formula is C16H20N2O. The van der Waals surface area contributed by atoms with Crippen LogP contribution in [0, 0.1) is 0 Å². The SMILES string of the molecule is CCCN(Cc1ccc(O)cc1)c1ccccc1N. The molecular weight excluding hydrogens is 236 g/mol. The first-order chi connectivity index (χ1) is 9.20. The molecule has 0 aliphatic heterocycles. The predicted octanol–water partition coefficient (Wildman–Crippen LogP) is 3.39. The van der Waals surface area contributed by atoms with Crippen LogP contribution in [0.2, 0.25) is 0 Å². The van der Waals surface area contributed by atoms with Gasteiger partial charge >= 0.3 is 0 Å². The molecule has 0 aromatic heterocycles. The Kier molecular flexibility index (Phi) is 4.29. The molecule has 0 heterocycles. The maximum absolute atomic E-state index is 9.32. The van der Waals surface area contributed by atoms with E-state index in [2.05, 4.69) is 11.8 Å². The highest BCUT2D eigenvalue weighted by atomic mass is 16.3. The topological polar surface area (TPSA) is 49.5 Å².